The standard InChI is InChI=1S/C32H40N7O9P.C9H14N3O5P/c1-18(47-25-14-23(15-46-49(43,44)45)48-31(25)39-17-37-26-29(34)35-16-36-30(26)39)32(2,42)28(41)24(33)13-19-5-7-20(8-6-19)27(40)21-9-11-22(12-10-21)38(3)4;10-7-3-4-12(9(13)11-7)8-2-1-6(17-8)5-16-18(14)15/h5-12,16-18,23-25,31,42H,13-15,33H2,1-4H3,(H2,34,35,36)(H2,43,44,45);3-4,6,8,14-15H,1-2,5H2,(H2,10,11,13)/t18?,23?,24?,25-,31?,32?;/m1./s1. The number of hydrogen-bond acceptors (Lipinski definition) is 20. The Morgan fingerprint density at radius 3 is 2.27 bits per heavy atom. The fraction of sp³-hybridized carbons (Fsp3) is 0.439. The largest absolute Gasteiger partial charge is 0.469 e. The molecular weight excluding hydrogens is 918 g/mol. The van der Waals surface area contributed by atoms with Crippen LogP contribution in [0.3, 0.4) is 0 Å². The van der Waals surface area contributed by atoms with Crippen molar-refractivity contribution in [3.8, 4) is 0 Å². The van der Waals surface area contributed by atoms with Crippen LogP contribution in [0.2, 0.25) is 0 Å². The summed E-state index contributed by atoms with van der Waals surface area (Å²) >= 11 is 0. The molecule has 362 valence electrons. The molecule has 0 aliphatic carbocycles. The summed E-state index contributed by atoms with van der Waals surface area (Å²) in [6, 6.07) is 14.5. The second-order valence-corrected chi connectivity index (χ2v) is 18.2. The van der Waals surface area contributed by atoms with Crippen molar-refractivity contribution in [3.63, 3.8) is 0 Å². The van der Waals surface area contributed by atoms with Crippen molar-refractivity contribution < 1.29 is 62.1 Å². The number of phosphoric ester groups is 1. The molecule has 67 heavy (non-hydrogen) atoms. The van der Waals surface area contributed by atoms with Gasteiger partial charge in [0.1, 0.15) is 35.6 Å². The number of Topliss-reactive ketones (excluding diaryl/α,β-unsaturated/α-hetero) is 1. The fourth-order valence-electron chi connectivity index (χ4n) is 7.42. The summed E-state index contributed by atoms with van der Waals surface area (Å²) in [6.07, 6.45) is 1.24. The van der Waals surface area contributed by atoms with Gasteiger partial charge in [0, 0.05) is 43.5 Å². The Kier molecular flexibility index (Phi) is 16.7. The minimum atomic E-state index is -4.79. The van der Waals surface area contributed by atoms with Gasteiger partial charge >= 0.3 is 22.1 Å². The third-order valence-electron chi connectivity index (χ3n) is 11.2. The molecule has 0 bridgehead atoms. The number of anilines is 3. The molecule has 2 aromatic carbocycles. The SMILES string of the molecule is CC(O[C@@H]1CC(COP(=O)(O)O)OC1n1cnc2c(N)ncnc21)C(C)(O)C(=O)C(N)Cc1ccc(C(=O)c2ccc(N(C)C)cc2)cc1.Nc1ccn(C2CCC(COP(O)O)O2)c(=O)n1. The molecule has 0 amide bonds. The van der Waals surface area contributed by atoms with Crippen LogP contribution in [0.1, 0.15) is 67.1 Å². The van der Waals surface area contributed by atoms with E-state index >= 15 is 0 Å². The Morgan fingerprint density at radius 1 is 0.970 bits per heavy atom. The third kappa shape index (κ3) is 13.1. The van der Waals surface area contributed by atoms with Crippen LogP contribution in [-0.4, -0.2) is 129 Å². The molecule has 8 atom stereocenters. The van der Waals surface area contributed by atoms with Gasteiger partial charge in [0.25, 0.3) is 0 Å². The summed E-state index contributed by atoms with van der Waals surface area (Å²) in [4.78, 5) is 91.7. The smallest absolute Gasteiger partial charge is 0.383 e. The average molecular weight is 973 g/mol. The van der Waals surface area contributed by atoms with Crippen molar-refractivity contribution in [2.75, 3.05) is 43.7 Å². The number of hydrogen-bond donors (Lipinski definition) is 8. The first-order chi connectivity index (χ1) is 31.6. The first kappa shape index (κ1) is 51.2. The van der Waals surface area contributed by atoms with E-state index in [1.54, 1.807) is 36.4 Å². The Balaban J connectivity index is 0.000000343. The van der Waals surface area contributed by atoms with Gasteiger partial charge in [-0.2, -0.15) is 4.98 Å². The number of ether oxygens (including phenoxy) is 3. The predicted octanol–water partition coefficient (Wildman–Crippen LogP) is 1.50. The summed E-state index contributed by atoms with van der Waals surface area (Å²) in [6.45, 7) is 2.46. The van der Waals surface area contributed by atoms with Crippen LogP contribution < -0.4 is 27.8 Å². The molecule has 7 unspecified atom stereocenters. The number of fused-ring (bicyclic) bond motifs is 1. The summed E-state index contributed by atoms with van der Waals surface area (Å²) in [7, 11) is -3.33. The molecule has 7 rings (SSSR count). The molecule has 3 aromatic heterocycles. The number of imidazole rings is 1. The lowest BCUT2D eigenvalue weighted by atomic mass is 9.87. The predicted molar refractivity (Wildman–Crippen MR) is 242 cm³/mol. The van der Waals surface area contributed by atoms with E-state index < -0.39 is 76.9 Å². The average Bonchev–Trinajstić information content (AvgIpc) is 4.04. The van der Waals surface area contributed by atoms with Gasteiger partial charge in [-0.1, -0.05) is 24.3 Å². The van der Waals surface area contributed by atoms with Crippen molar-refractivity contribution >= 4 is 56.5 Å². The van der Waals surface area contributed by atoms with E-state index in [0.29, 0.717) is 40.7 Å². The number of carbonyl (C=O) groups is 2. The fourth-order valence-corrected chi connectivity index (χ4v) is 8.08. The molecule has 26 heteroatoms. The number of ketones is 2. The quantitative estimate of drug-likeness (QED) is 0.0455. The molecular formula is C41H54N10O14P2. The van der Waals surface area contributed by atoms with E-state index in [1.807, 2.05) is 31.1 Å². The highest BCUT2D eigenvalue weighted by molar-refractivity contribution is 7.46. The van der Waals surface area contributed by atoms with Gasteiger partial charge in [0.05, 0.1) is 43.9 Å². The van der Waals surface area contributed by atoms with Gasteiger partial charge in [0.15, 0.2) is 29.3 Å². The van der Waals surface area contributed by atoms with Gasteiger partial charge in [-0.15, -0.1) is 0 Å². The van der Waals surface area contributed by atoms with Crippen LogP contribution in [0.25, 0.3) is 11.2 Å². The van der Waals surface area contributed by atoms with E-state index in [0.717, 1.165) is 5.69 Å². The minimum Gasteiger partial charge on any atom is -0.383 e. The summed E-state index contributed by atoms with van der Waals surface area (Å²) < 4.78 is 41.4. The van der Waals surface area contributed by atoms with Crippen molar-refractivity contribution in [2.24, 2.45) is 5.73 Å². The number of carbonyl (C=O) groups excluding carboxylic acids is 2. The van der Waals surface area contributed by atoms with Gasteiger partial charge < -0.3 is 65.5 Å². The molecule has 2 aliphatic heterocycles. The lowest BCUT2D eigenvalue weighted by molar-refractivity contribution is -0.166. The number of benzene rings is 2. The zero-order chi connectivity index (χ0) is 48.8. The normalized spacial score (nSPS) is 21.4. The molecule has 0 saturated carbocycles. The van der Waals surface area contributed by atoms with E-state index in [9.17, 15) is 33.8 Å². The summed E-state index contributed by atoms with van der Waals surface area (Å²) in [5.41, 5.74) is 18.4. The first-order valence-corrected chi connectivity index (χ1v) is 23.5. The number of phosphoric acid groups is 1. The first-order valence-electron chi connectivity index (χ1n) is 20.8. The minimum absolute atomic E-state index is 0.0798. The number of nitrogens with zero attached hydrogens (tertiary/aromatic N) is 7. The lowest BCUT2D eigenvalue weighted by Gasteiger charge is -2.34. The molecule has 0 radical (unpaired) electrons. The van der Waals surface area contributed by atoms with E-state index in [2.05, 4.69) is 29.0 Å². The van der Waals surface area contributed by atoms with Gasteiger partial charge in [-0.3, -0.25) is 23.2 Å². The molecule has 0 spiro atoms. The van der Waals surface area contributed by atoms with Crippen molar-refractivity contribution in [2.45, 2.75) is 88.0 Å². The van der Waals surface area contributed by atoms with Gasteiger partial charge in [-0.05, 0) is 69.0 Å². The highest BCUT2D eigenvalue weighted by Gasteiger charge is 2.46. The monoisotopic (exact) mass is 972 g/mol. The summed E-state index contributed by atoms with van der Waals surface area (Å²) in [5, 5.41) is 11.4. The molecule has 24 nitrogen and oxygen atoms in total. The Bertz CT molecular complexity index is 2590. The van der Waals surface area contributed by atoms with E-state index in [1.165, 1.54) is 47.9 Å². The number of nitrogens with two attached hydrogens (primary N) is 3. The maximum atomic E-state index is 13.5. The number of aromatic nitrogens is 6. The highest BCUT2D eigenvalue weighted by atomic mass is 31.2. The Labute approximate surface area is 384 Å². The maximum Gasteiger partial charge on any atom is 0.469 e. The summed E-state index contributed by atoms with van der Waals surface area (Å²) in [5.74, 6) is -0.519. The van der Waals surface area contributed by atoms with Crippen LogP contribution in [0.4, 0.5) is 17.3 Å². The number of aliphatic hydroxyl groups is 1. The van der Waals surface area contributed by atoms with Crippen LogP contribution in [0, 0.1) is 0 Å². The molecule has 2 fully saturated rings. The number of rotatable bonds is 18. The lowest BCUT2D eigenvalue weighted by Crippen LogP contribution is -2.55. The van der Waals surface area contributed by atoms with Crippen LogP contribution in [-0.2, 0) is 39.0 Å². The molecule has 11 N–H and O–H groups in total. The van der Waals surface area contributed by atoms with E-state index in [-0.39, 0.29) is 43.0 Å². The van der Waals surface area contributed by atoms with Crippen molar-refractivity contribution in [1.82, 2.24) is 29.1 Å². The third-order valence-corrected chi connectivity index (χ3v) is 12.0. The topological polar surface area (TPSA) is 358 Å². The zero-order valence-electron chi connectivity index (χ0n) is 36.9. The Hall–Kier alpha value is -5.17. The zero-order valence-corrected chi connectivity index (χ0v) is 38.7. The van der Waals surface area contributed by atoms with Crippen LogP contribution in [0.15, 0.2) is 78.2 Å². The molecule has 2 aliphatic rings. The van der Waals surface area contributed by atoms with Gasteiger partial charge in [-0.25, -0.2) is 24.3 Å². The highest BCUT2D eigenvalue weighted by Crippen LogP contribution is 2.40. The van der Waals surface area contributed by atoms with Crippen LogP contribution >= 0.6 is 16.4 Å². The van der Waals surface area contributed by atoms with E-state index in [4.69, 9.17) is 41.2 Å². The van der Waals surface area contributed by atoms with Crippen LogP contribution in [0.5, 0.6) is 0 Å². The maximum absolute atomic E-state index is 13.5. The van der Waals surface area contributed by atoms with Crippen molar-refractivity contribution in [1.29, 1.82) is 0 Å². The second-order valence-electron chi connectivity index (χ2n) is 16.2. The number of nitrogen functional groups attached to an aromatic ring is 2. The molecule has 5 heterocycles. The molecule has 2 saturated heterocycles. The Morgan fingerprint density at radius 2 is 1.64 bits per heavy atom. The molecule has 5 aromatic rings. The second kappa shape index (κ2) is 21.8. The van der Waals surface area contributed by atoms with Gasteiger partial charge in [0.2, 0.25) is 0 Å². The van der Waals surface area contributed by atoms with Crippen molar-refractivity contribution in [3.05, 3.63) is 101 Å².